The molecule has 2 aliphatic rings. The Labute approximate surface area is 127 Å². The highest BCUT2D eigenvalue weighted by Crippen LogP contribution is 2.34. The summed E-state index contributed by atoms with van der Waals surface area (Å²) in [6, 6.07) is 7.26. The van der Waals surface area contributed by atoms with Crippen LogP contribution in [0.4, 0.5) is 4.39 Å². The van der Waals surface area contributed by atoms with Crippen LogP contribution in [0.5, 0.6) is 0 Å². The first-order valence-electron chi connectivity index (χ1n) is 8.39. The Kier molecular flexibility index (Phi) is 4.91. The van der Waals surface area contributed by atoms with Crippen molar-refractivity contribution in [3.05, 3.63) is 35.6 Å². The molecule has 21 heavy (non-hydrogen) atoms. The summed E-state index contributed by atoms with van der Waals surface area (Å²) in [5, 5.41) is 3.35. The summed E-state index contributed by atoms with van der Waals surface area (Å²) >= 11 is 0. The monoisotopic (exact) mass is 290 g/mol. The third kappa shape index (κ3) is 4.79. The largest absolute Gasteiger partial charge is 0.313 e. The van der Waals surface area contributed by atoms with E-state index in [0.717, 1.165) is 30.4 Å². The third-order valence-electron chi connectivity index (χ3n) is 4.76. The van der Waals surface area contributed by atoms with Crippen LogP contribution in [0.2, 0.25) is 0 Å². The minimum Gasteiger partial charge on any atom is -0.313 e. The fourth-order valence-electron chi connectivity index (χ4n) is 3.10. The van der Waals surface area contributed by atoms with Gasteiger partial charge in [0, 0.05) is 19.1 Å². The van der Waals surface area contributed by atoms with Gasteiger partial charge in [0.05, 0.1) is 0 Å². The molecule has 3 heteroatoms. The summed E-state index contributed by atoms with van der Waals surface area (Å²) in [5.74, 6) is 1.76. The molecule has 2 aliphatic carbocycles. The molecule has 1 aromatic carbocycles. The van der Waals surface area contributed by atoms with E-state index in [4.69, 9.17) is 0 Å². The number of benzene rings is 1. The van der Waals surface area contributed by atoms with E-state index >= 15 is 0 Å². The second kappa shape index (κ2) is 6.89. The zero-order valence-corrected chi connectivity index (χ0v) is 13.0. The summed E-state index contributed by atoms with van der Waals surface area (Å²) in [6.45, 7) is 3.67. The molecule has 2 saturated carbocycles. The van der Waals surface area contributed by atoms with Gasteiger partial charge in [-0.3, -0.25) is 0 Å². The Morgan fingerprint density at radius 2 is 1.86 bits per heavy atom. The van der Waals surface area contributed by atoms with E-state index in [1.165, 1.54) is 44.8 Å². The maximum absolute atomic E-state index is 13.4. The number of hydrogen-bond donors (Lipinski definition) is 1. The third-order valence-corrected chi connectivity index (χ3v) is 4.76. The van der Waals surface area contributed by atoms with Crippen molar-refractivity contribution in [3.63, 3.8) is 0 Å². The van der Waals surface area contributed by atoms with Gasteiger partial charge < -0.3 is 10.2 Å². The molecule has 3 rings (SSSR count). The van der Waals surface area contributed by atoms with Crippen molar-refractivity contribution in [2.45, 2.75) is 38.1 Å². The van der Waals surface area contributed by atoms with Gasteiger partial charge in [-0.05, 0) is 75.2 Å². The molecule has 0 saturated heterocycles. The van der Waals surface area contributed by atoms with Gasteiger partial charge in [-0.25, -0.2) is 4.39 Å². The second-order valence-electron chi connectivity index (χ2n) is 6.83. The van der Waals surface area contributed by atoms with Gasteiger partial charge in [0.2, 0.25) is 0 Å². The molecule has 0 heterocycles. The van der Waals surface area contributed by atoms with Crippen LogP contribution in [0, 0.1) is 17.7 Å². The van der Waals surface area contributed by atoms with Crippen molar-refractivity contribution in [3.8, 4) is 0 Å². The fourth-order valence-corrected chi connectivity index (χ4v) is 3.10. The van der Waals surface area contributed by atoms with E-state index in [9.17, 15) is 4.39 Å². The molecule has 1 N–H and O–H groups in total. The Morgan fingerprint density at radius 1 is 1.19 bits per heavy atom. The minimum atomic E-state index is -0.138. The minimum absolute atomic E-state index is 0.138. The number of halogens is 1. The van der Waals surface area contributed by atoms with Gasteiger partial charge in [0.15, 0.2) is 0 Å². The number of nitrogens with one attached hydrogen (secondary N) is 1. The van der Waals surface area contributed by atoms with Gasteiger partial charge in [-0.1, -0.05) is 12.1 Å². The van der Waals surface area contributed by atoms with E-state index in [2.05, 4.69) is 10.2 Å². The molecule has 2 nitrogen and oxygen atoms in total. The summed E-state index contributed by atoms with van der Waals surface area (Å²) in [6.07, 6.45) is 6.72. The van der Waals surface area contributed by atoms with E-state index in [1.54, 1.807) is 12.1 Å². The predicted octanol–water partition coefficient (Wildman–Crippen LogP) is 3.60. The molecule has 0 aliphatic heterocycles. The fraction of sp³-hybridized carbons (Fsp3) is 0.667. The van der Waals surface area contributed by atoms with Crippen molar-refractivity contribution in [1.29, 1.82) is 0 Å². The molecule has 0 aromatic heterocycles. The molecule has 1 unspecified atom stereocenters. The standard InChI is InChI=1S/C18H27FN2/c1-20-18(16-3-2-4-17(19)11-16)9-10-21(12-14-5-6-14)13-15-7-8-15/h2-4,11,14-15,18,20H,5-10,12-13H2,1H3. The van der Waals surface area contributed by atoms with Crippen LogP contribution in [0.3, 0.4) is 0 Å². The predicted molar refractivity (Wildman–Crippen MR) is 84.7 cm³/mol. The van der Waals surface area contributed by atoms with E-state index < -0.39 is 0 Å². The maximum Gasteiger partial charge on any atom is 0.123 e. The van der Waals surface area contributed by atoms with E-state index in [-0.39, 0.29) is 11.9 Å². The molecule has 116 valence electrons. The quantitative estimate of drug-likeness (QED) is 0.747. The van der Waals surface area contributed by atoms with Crippen molar-refractivity contribution >= 4 is 0 Å². The number of rotatable bonds is 9. The van der Waals surface area contributed by atoms with Gasteiger partial charge in [0.1, 0.15) is 5.82 Å². The smallest absolute Gasteiger partial charge is 0.123 e. The van der Waals surface area contributed by atoms with E-state index in [1.807, 2.05) is 13.1 Å². The van der Waals surface area contributed by atoms with Gasteiger partial charge in [-0.15, -0.1) is 0 Å². The molecule has 0 spiro atoms. The lowest BCUT2D eigenvalue weighted by molar-refractivity contribution is 0.239. The van der Waals surface area contributed by atoms with Crippen LogP contribution in [0.25, 0.3) is 0 Å². The highest BCUT2D eigenvalue weighted by molar-refractivity contribution is 5.20. The van der Waals surface area contributed by atoms with Gasteiger partial charge in [-0.2, -0.15) is 0 Å². The van der Waals surface area contributed by atoms with Crippen LogP contribution >= 0.6 is 0 Å². The molecule has 0 amide bonds. The molecule has 0 radical (unpaired) electrons. The normalized spacial score (nSPS) is 20.0. The molecular weight excluding hydrogens is 263 g/mol. The second-order valence-corrected chi connectivity index (χ2v) is 6.83. The molecule has 0 bridgehead atoms. The SMILES string of the molecule is CNC(CCN(CC1CC1)CC1CC1)c1cccc(F)c1. The Hall–Kier alpha value is -0.930. The lowest BCUT2D eigenvalue weighted by Gasteiger charge is -2.25. The summed E-state index contributed by atoms with van der Waals surface area (Å²) in [5.41, 5.74) is 1.07. The molecule has 1 aromatic rings. The zero-order chi connectivity index (χ0) is 14.7. The van der Waals surface area contributed by atoms with Crippen molar-refractivity contribution < 1.29 is 4.39 Å². The maximum atomic E-state index is 13.4. The van der Waals surface area contributed by atoms with Crippen molar-refractivity contribution in [2.24, 2.45) is 11.8 Å². The topological polar surface area (TPSA) is 15.3 Å². The first-order chi connectivity index (χ1) is 10.2. The van der Waals surface area contributed by atoms with Gasteiger partial charge in [0.25, 0.3) is 0 Å². The summed E-state index contributed by atoms with van der Waals surface area (Å²) in [7, 11) is 1.97. The highest BCUT2D eigenvalue weighted by Gasteiger charge is 2.29. The number of nitrogens with zero attached hydrogens (tertiary/aromatic N) is 1. The molecular formula is C18H27FN2. The van der Waals surface area contributed by atoms with E-state index in [0.29, 0.717) is 0 Å². The Balaban J connectivity index is 1.54. The Bertz CT molecular complexity index is 440. The first kappa shape index (κ1) is 15.0. The van der Waals surface area contributed by atoms with Crippen LogP contribution < -0.4 is 5.32 Å². The Morgan fingerprint density at radius 3 is 2.38 bits per heavy atom. The lowest BCUT2D eigenvalue weighted by Crippen LogP contribution is -2.32. The first-order valence-corrected chi connectivity index (χ1v) is 8.39. The summed E-state index contributed by atoms with van der Waals surface area (Å²) in [4.78, 5) is 2.65. The zero-order valence-electron chi connectivity index (χ0n) is 13.0. The van der Waals surface area contributed by atoms with Crippen molar-refractivity contribution in [1.82, 2.24) is 10.2 Å². The average molecular weight is 290 g/mol. The van der Waals surface area contributed by atoms with Crippen LogP contribution in [0.15, 0.2) is 24.3 Å². The number of hydrogen-bond acceptors (Lipinski definition) is 2. The van der Waals surface area contributed by atoms with Crippen LogP contribution in [-0.4, -0.2) is 31.6 Å². The van der Waals surface area contributed by atoms with Gasteiger partial charge >= 0.3 is 0 Å². The van der Waals surface area contributed by atoms with Crippen LogP contribution in [0.1, 0.15) is 43.7 Å². The van der Waals surface area contributed by atoms with Crippen LogP contribution in [-0.2, 0) is 0 Å². The average Bonchev–Trinajstić information content (AvgIpc) is 3.35. The van der Waals surface area contributed by atoms with Crippen molar-refractivity contribution in [2.75, 3.05) is 26.7 Å². The lowest BCUT2D eigenvalue weighted by atomic mass is 10.0. The summed E-state index contributed by atoms with van der Waals surface area (Å²) < 4.78 is 13.4. The molecule has 2 fully saturated rings. The highest BCUT2D eigenvalue weighted by atomic mass is 19.1. The molecule has 1 atom stereocenters.